The van der Waals surface area contributed by atoms with Gasteiger partial charge in [0.15, 0.2) is 0 Å². The summed E-state index contributed by atoms with van der Waals surface area (Å²) in [6, 6.07) is 8.93. The van der Waals surface area contributed by atoms with Crippen molar-refractivity contribution in [2.24, 2.45) is 4.99 Å². The molecule has 2 aromatic rings. The summed E-state index contributed by atoms with van der Waals surface area (Å²) in [5.41, 5.74) is 0.489. The summed E-state index contributed by atoms with van der Waals surface area (Å²) in [5, 5.41) is 4.06. The fraction of sp³-hybridized carbons (Fsp3) is 0.167. The molecule has 0 aliphatic rings. The quantitative estimate of drug-likeness (QED) is 0.581. The van der Waals surface area contributed by atoms with E-state index in [0.717, 1.165) is 0 Å². The largest absolute Gasteiger partial charge is 0.489 e. The monoisotopic (exact) mass is 229 g/mol. The van der Waals surface area contributed by atoms with E-state index in [0.29, 0.717) is 24.6 Å². The average molecular weight is 229 g/mol. The predicted octanol–water partition coefficient (Wildman–Crippen LogP) is 1.93. The number of benzene rings is 1. The minimum absolute atomic E-state index is 0.465. The van der Waals surface area contributed by atoms with Crippen molar-refractivity contribution in [2.75, 3.05) is 6.61 Å². The Kier molecular flexibility index (Phi) is 3.68. The Bertz CT molecular complexity index is 516. The Labute approximate surface area is 98.4 Å². The zero-order valence-electron chi connectivity index (χ0n) is 9.11. The van der Waals surface area contributed by atoms with Gasteiger partial charge in [-0.1, -0.05) is 12.1 Å². The van der Waals surface area contributed by atoms with Crippen LogP contribution in [0.5, 0.6) is 5.75 Å². The molecule has 0 aliphatic heterocycles. The van der Waals surface area contributed by atoms with E-state index in [1.165, 1.54) is 6.08 Å². The van der Waals surface area contributed by atoms with Crippen LogP contribution in [0.3, 0.4) is 0 Å². The highest BCUT2D eigenvalue weighted by molar-refractivity contribution is 5.57. The summed E-state index contributed by atoms with van der Waals surface area (Å²) < 4.78 is 7.30. The predicted molar refractivity (Wildman–Crippen MR) is 61.9 cm³/mol. The molecular formula is C12H11N3O2. The number of carbonyl (C=O) groups excluding carboxylic acids is 1. The molecule has 86 valence electrons. The van der Waals surface area contributed by atoms with Crippen LogP contribution < -0.4 is 4.74 Å². The molecule has 0 spiro atoms. The van der Waals surface area contributed by atoms with Crippen LogP contribution in [0.1, 0.15) is 0 Å². The summed E-state index contributed by atoms with van der Waals surface area (Å²) in [5.74, 6) is 0.572. The minimum Gasteiger partial charge on any atom is -0.489 e. The van der Waals surface area contributed by atoms with Crippen LogP contribution in [-0.2, 0) is 11.3 Å². The second kappa shape index (κ2) is 5.63. The smallest absolute Gasteiger partial charge is 0.240 e. The van der Waals surface area contributed by atoms with Crippen LogP contribution in [0.4, 0.5) is 5.69 Å². The Morgan fingerprint density at radius 3 is 3.00 bits per heavy atom. The van der Waals surface area contributed by atoms with E-state index in [1.54, 1.807) is 29.1 Å². The summed E-state index contributed by atoms with van der Waals surface area (Å²) in [7, 11) is 0. The zero-order valence-corrected chi connectivity index (χ0v) is 9.11. The van der Waals surface area contributed by atoms with Gasteiger partial charge in [0.25, 0.3) is 0 Å². The lowest BCUT2D eigenvalue weighted by Crippen LogP contribution is -2.08. The van der Waals surface area contributed by atoms with E-state index >= 15 is 0 Å². The Morgan fingerprint density at radius 2 is 2.24 bits per heavy atom. The Morgan fingerprint density at radius 1 is 1.35 bits per heavy atom. The van der Waals surface area contributed by atoms with Crippen molar-refractivity contribution in [3.8, 4) is 5.75 Å². The van der Waals surface area contributed by atoms with Crippen molar-refractivity contribution >= 4 is 11.8 Å². The number of rotatable bonds is 5. The molecule has 0 radical (unpaired) electrons. The third-order valence-electron chi connectivity index (χ3n) is 2.17. The maximum atomic E-state index is 10.2. The highest BCUT2D eigenvalue weighted by Gasteiger charge is 2.01. The molecule has 1 aromatic carbocycles. The van der Waals surface area contributed by atoms with Crippen molar-refractivity contribution in [3.05, 3.63) is 42.7 Å². The first kappa shape index (κ1) is 11.1. The van der Waals surface area contributed by atoms with E-state index in [4.69, 9.17) is 4.74 Å². The highest BCUT2D eigenvalue weighted by atomic mass is 16.5. The first-order chi connectivity index (χ1) is 8.40. The van der Waals surface area contributed by atoms with Crippen molar-refractivity contribution in [3.63, 3.8) is 0 Å². The Hall–Kier alpha value is -2.39. The summed E-state index contributed by atoms with van der Waals surface area (Å²) in [4.78, 5) is 13.8. The molecule has 0 bridgehead atoms. The third-order valence-corrected chi connectivity index (χ3v) is 2.17. The lowest BCUT2D eigenvalue weighted by Gasteiger charge is -2.07. The van der Waals surface area contributed by atoms with Gasteiger partial charge in [-0.15, -0.1) is 0 Å². The fourth-order valence-corrected chi connectivity index (χ4v) is 1.40. The zero-order chi connectivity index (χ0) is 11.9. The molecule has 0 aliphatic carbocycles. The first-order valence-corrected chi connectivity index (χ1v) is 5.17. The van der Waals surface area contributed by atoms with Gasteiger partial charge in [-0.3, -0.25) is 4.68 Å². The molecule has 1 heterocycles. The van der Waals surface area contributed by atoms with E-state index in [9.17, 15) is 4.79 Å². The van der Waals surface area contributed by atoms with Crippen molar-refractivity contribution in [1.82, 2.24) is 9.78 Å². The number of nitrogens with zero attached hydrogens (tertiary/aromatic N) is 3. The van der Waals surface area contributed by atoms with Crippen molar-refractivity contribution < 1.29 is 9.53 Å². The number of aliphatic imine (C=N–C) groups is 1. The lowest BCUT2D eigenvalue weighted by molar-refractivity contribution is 0.292. The number of isocyanates is 1. The number of aromatic nitrogens is 2. The van der Waals surface area contributed by atoms with E-state index in [2.05, 4.69) is 10.1 Å². The van der Waals surface area contributed by atoms with E-state index in [-0.39, 0.29) is 0 Å². The molecule has 17 heavy (non-hydrogen) atoms. The molecule has 0 saturated carbocycles. The van der Waals surface area contributed by atoms with E-state index in [1.807, 2.05) is 18.3 Å². The van der Waals surface area contributed by atoms with Crippen LogP contribution in [0.15, 0.2) is 47.7 Å². The van der Waals surface area contributed by atoms with Crippen molar-refractivity contribution in [1.29, 1.82) is 0 Å². The van der Waals surface area contributed by atoms with Gasteiger partial charge in [0.1, 0.15) is 18.0 Å². The van der Waals surface area contributed by atoms with Gasteiger partial charge in [-0.05, 0) is 18.2 Å². The van der Waals surface area contributed by atoms with Crippen molar-refractivity contribution in [2.45, 2.75) is 6.54 Å². The third kappa shape index (κ3) is 3.03. The lowest BCUT2D eigenvalue weighted by atomic mass is 10.3. The van der Waals surface area contributed by atoms with Gasteiger partial charge in [-0.2, -0.15) is 10.1 Å². The molecular weight excluding hydrogens is 218 g/mol. The second-order valence-electron chi connectivity index (χ2n) is 3.29. The summed E-state index contributed by atoms with van der Waals surface area (Å²) >= 11 is 0. The number of hydrogen-bond donors (Lipinski definition) is 0. The van der Waals surface area contributed by atoms with Crippen LogP contribution in [0, 0.1) is 0 Å². The van der Waals surface area contributed by atoms with Crippen LogP contribution in [0.25, 0.3) is 0 Å². The number of hydrogen-bond acceptors (Lipinski definition) is 4. The van der Waals surface area contributed by atoms with E-state index < -0.39 is 0 Å². The Balaban J connectivity index is 1.96. The summed E-state index contributed by atoms with van der Waals surface area (Å²) in [6.07, 6.45) is 5.08. The summed E-state index contributed by atoms with van der Waals surface area (Å²) in [6.45, 7) is 1.11. The van der Waals surface area contributed by atoms with Gasteiger partial charge >= 0.3 is 0 Å². The molecule has 0 N–H and O–H groups in total. The van der Waals surface area contributed by atoms with Crippen LogP contribution in [-0.4, -0.2) is 22.5 Å². The molecule has 0 saturated heterocycles. The maximum Gasteiger partial charge on any atom is 0.240 e. The number of ether oxygens (including phenoxy) is 1. The van der Waals surface area contributed by atoms with Gasteiger partial charge in [-0.25, -0.2) is 4.79 Å². The topological polar surface area (TPSA) is 56.5 Å². The standard InChI is InChI=1S/C12H11N3O2/c16-10-13-11-4-1-2-5-12(11)17-9-8-15-7-3-6-14-15/h1-7H,8-9H2. The molecule has 0 amide bonds. The minimum atomic E-state index is 0.465. The van der Waals surface area contributed by atoms with Gasteiger partial charge < -0.3 is 4.74 Å². The molecule has 0 atom stereocenters. The molecule has 2 rings (SSSR count). The average Bonchev–Trinajstić information content (AvgIpc) is 2.85. The van der Waals surface area contributed by atoms with Gasteiger partial charge in [0, 0.05) is 12.4 Å². The normalized spacial score (nSPS) is 9.65. The fourth-order valence-electron chi connectivity index (χ4n) is 1.40. The molecule has 5 nitrogen and oxygen atoms in total. The number of para-hydroxylation sites is 2. The molecule has 5 heteroatoms. The van der Waals surface area contributed by atoms with Crippen LogP contribution in [0.2, 0.25) is 0 Å². The van der Waals surface area contributed by atoms with Gasteiger partial charge in [0.05, 0.1) is 6.54 Å². The molecule has 0 unspecified atom stereocenters. The maximum absolute atomic E-state index is 10.2. The van der Waals surface area contributed by atoms with Crippen LogP contribution >= 0.6 is 0 Å². The molecule has 1 aromatic heterocycles. The highest BCUT2D eigenvalue weighted by Crippen LogP contribution is 2.25. The molecule has 0 fully saturated rings. The van der Waals surface area contributed by atoms with Gasteiger partial charge in [0.2, 0.25) is 6.08 Å². The first-order valence-electron chi connectivity index (χ1n) is 5.17. The SMILES string of the molecule is O=C=Nc1ccccc1OCCn1cccn1. The second-order valence-corrected chi connectivity index (χ2v) is 3.29.